The van der Waals surface area contributed by atoms with Crippen LogP contribution in [-0.4, -0.2) is 51.4 Å². The molecule has 1 N–H and O–H groups in total. The quantitative estimate of drug-likeness (QED) is 0.279. The van der Waals surface area contributed by atoms with Gasteiger partial charge in [0.05, 0.1) is 17.7 Å². The molecule has 10 heteroatoms. The molecule has 40 heavy (non-hydrogen) atoms. The number of aryl methyl sites for hydroxylation is 1. The molecule has 0 heterocycles. The lowest BCUT2D eigenvalue weighted by atomic mass is 10.1. The summed E-state index contributed by atoms with van der Waals surface area (Å²) < 4.78 is 34.0. The zero-order valence-corrected chi connectivity index (χ0v) is 24.8. The van der Waals surface area contributed by atoms with E-state index in [0.717, 1.165) is 22.7 Å². The van der Waals surface area contributed by atoms with Crippen molar-refractivity contribution in [3.8, 4) is 5.75 Å². The number of amides is 2. The second kappa shape index (κ2) is 14.2. The van der Waals surface area contributed by atoms with Crippen LogP contribution in [0.5, 0.6) is 5.75 Å². The summed E-state index contributed by atoms with van der Waals surface area (Å²) in [5, 5.41) is 3.33. The number of carbonyl (C=O) groups excluding carboxylic acids is 2. The maximum Gasteiger partial charge on any atom is 0.264 e. The van der Waals surface area contributed by atoms with Crippen molar-refractivity contribution in [2.75, 3.05) is 24.5 Å². The van der Waals surface area contributed by atoms with Crippen molar-refractivity contribution in [3.05, 3.63) is 88.9 Å². The van der Waals surface area contributed by atoms with Gasteiger partial charge in [0.2, 0.25) is 11.8 Å². The van der Waals surface area contributed by atoms with Crippen molar-refractivity contribution in [2.24, 2.45) is 0 Å². The predicted octanol–water partition coefficient (Wildman–Crippen LogP) is 5.19. The topological polar surface area (TPSA) is 96.0 Å². The first-order valence-corrected chi connectivity index (χ1v) is 14.9. The number of hydrogen-bond acceptors (Lipinski definition) is 5. The molecule has 0 saturated carbocycles. The van der Waals surface area contributed by atoms with E-state index in [9.17, 15) is 18.0 Å². The number of unbranched alkanes of at least 4 members (excludes halogenated alkanes) is 1. The molecule has 0 radical (unpaired) electrons. The molecule has 0 fully saturated rings. The summed E-state index contributed by atoms with van der Waals surface area (Å²) in [6.07, 6.45) is 1.72. The fraction of sp³-hybridized carbons (Fsp3) is 0.333. The van der Waals surface area contributed by atoms with Crippen LogP contribution in [0, 0.1) is 6.92 Å². The summed E-state index contributed by atoms with van der Waals surface area (Å²) in [6.45, 7) is 5.48. The van der Waals surface area contributed by atoms with Crippen LogP contribution in [-0.2, 0) is 26.2 Å². The highest BCUT2D eigenvalue weighted by Crippen LogP contribution is 2.29. The van der Waals surface area contributed by atoms with Gasteiger partial charge in [-0.1, -0.05) is 55.3 Å². The molecule has 3 aromatic rings. The summed E-state index contributed by atoms with van der Waals surface area (Å²) in [4.78, 5) is 28.5. The Hall–Kier alpha value is -3.56. The molecular weight excluding hydrogens is 550 g/mol. The van der Waals surface area contributed by atoms with E-state index in [1.165, 1.54) is 17.0 Å². The molecule has 0 bridgehead atoms. The van der Waals surface area contributed by atoms with E-state index in [2.05, 4.69) is 5.32 Å². The molecular formula is C30H36ClN3O5S. The number of sulfonamides is 1. The van der Waals surface area contributed by atoms with E-state index in [1.54, 1.807) is 69.5 Å². The fourth-order valence-corrected chi connectivity index (χ4v) is 5.90. The molecule has 0 spiro atoms. The van der Waals surface area contributed by atoms with E-state index in [0.29, 0.717) is 28.6 Å². The number of nitrogens with zero attached hydrogens (tertiary/aromatic N) is 2. The highest BCUT2D eigenvalue weighted by Gasteiger charge is 2.33. The highest BCUT2D eigenvalue weighted by molar-refractivity contribution is 7.92. The molecule has 0 aliphatic rings. The molecule has 0 aromatic heterocycles. The van der Waals surface area contributed by atoms with Gasteiger partial charge >= 0.3 is 0 Å². The van der Waals surface area contributed by atoms with Crippen LogP contribution in [0.25, 0.3) is 0 Å². The lowest BCUT2D eigenvalue weighted by molar-refractivity contribution is -0.139. The molecule has 214 valence electrons. The number of methoxy groups -OCH3 is 1. The number of anilines is 1. The normalized spacial score (nSPS) is 11.9. The first-order chi connectivity index (χ1) is 19.1. The summed E-state index contributed by atoms with van der Waals surface area (Å²) in [6, 6.07) is 19.1. The van der Waals surface area contributed by atoms with Gasteiger partial charge < -0.3 is 15.0 Å². The average Bonchev–Trinajstić information content (AvgIpc) is 2.95. The van der Waals surface area contributed by atoms with Crippen molar-refractivity contribution >= 4 is 39.1 Å². The first-order valence-electron chi connectivity index (χ1n) is 13.1. The van der Waals surface area contributed by atoms with Crippen LogP contribution >= 0.6 is 11.6 Å². The van der Waals surface area contributed by atoms with Crippen LogP contribution in [0.1, 0.15) is 37.8 Å². The molecule has 1 atom stereocenters. The monoisotopic (exact) mass is 585 g/mol. The highest BCUT2D eigenvalue weighted by atomic mass is 35.5. The fourth-order valence-electron chi connectivity index (χ4n) is 4.18. The molecule has 0 unspecified atom stereocenters. The number of hydrogen-bond donors (Lipinski definition) is 1. The molecule has 0 aliphatic carbocycles. The van der Waals surface area contributed by atoms with E-state index >= 15 is 0 Å². The van der Waals surface area contributed by atoms with Crippen LogP contribution in [0.2, 0.25) is 5.02 Å². The van der Waals surface area contributed by atoms with Crippen molar-refractivity contribution in [3.63, 3.8) is 0 Å². The number of benzene rings is 3. The Morgan fingerprint density at radius 3 is 2.30 bits per heavy atom. The lowest BCUT2D eigenvalue weighted by Crippen LogP contribution is -2.51. The SMILES string of the molecule is CCCCNC(=O)[C@H](C)N(Cc1ccc(OC)cc1)C(=O)CN(c1ccc(Cl)cc1C)S(=O)(=O)c1ccccc1. The van der Waals surface area contributed by atoms with Crippen LogP contribution < -0.4 is 14.4 Å². The van der Waals surface area contributed by atoms with Gasteiger partial charge in [-0.05, 0) is 73.9 Å². The van der Waals surface area contributed by atoms with E-state index in [-0.39, 0.29) is 17.3 Å². The van der Waals surface area contributed by atoms with Crippen LogP contribution in [0.15, 0.2) is 77.7 Å². The molecule has 0 saturated heterocycles. The third kappa shape index (κ3) is 7.76. The van der Waals surface area contributed by atoms with Gasteiger partial charge in [-0.25, -0.2) is 8.42 Å². The molecule has 3 rings (SSSR count). The molecule has 8 nitrogen and oxygen atoms in total. The minimum Gasteiger partial charge on any atom is -0.497 e. The van der Waals surface area contributed by atoms with Gasteiger partial charge in [0.15, 0.2) is 0 Å². The Morgan fingerprint density at radius 1 is 1.02 bits per heavy atom. The maximum atomic E-state index is 14.0. The summed E-state index contributed by atoms with van der Waals surface area (Å²) >= 11 is 6.15. The Bertz CT molecular complexity index is 1400. The largest absolute Gasteiger partial charge is 0.497 e. The number of rotatable bonds is 13. The van der Waals surface area contributed by atoms with E-state index in [4.69, 9.17) is 16.3 Å². The second-order valence-electron chi connectivity index (χ2n) is 9.45. The van der Waals surface area contributed by atoms with Gasteiger partial charge in [-0.15, -0.1) is 0 Å². The number of carbonyl (C=O) groups is 2. The summed E-state index contributed by atoms with van der Waals surface area (Å²) in [7, 11) is -2.57. The third-order valence-corrected chi connectivity index (χ3v) is 8.56. The van der Waals surface area contributed by atoms with Crippen molar-refractivity contribution in [1.82, 2.24) is 10.2 Å². The van der Waals surface area contributed by atoms with Gasteiger partial charge in [0, 0.05) is 18.1 Å². The van der Waals surface area contributed by atoms with E-state index < -0.39 is 28.5 Å². The smallest absolute Gasteiger partial charge is 0.264 e. The Labute approximate surface area is 241 Å². The van der Waals surface area contributed by atoms with Crippen molar-refractivity contribution in [2.45, 2.75) is 51.1 Å². The lowest BCUT2D eigenvalue weighted by Gasteiger charge is -2.32. The minimum atomic E-state index is -4.14. The maximum absolute atomic E-state index is 14.0. The second-order valence-corrected chi connectivity index (χ2v) is 11.7. The standard InChI is InChI=1S/C30H36ClN3O5S/c1-5-6-18-32-30(36)23(3)33(20-24-12-15-26(39-4)16-13-24)29(35)21-34(28-17-14-25(31)19-22(28)2)40(37,38)27-10-8-7-9-11-27/h7-17,19,23H,5-6,18,20-21H2,1-4H3,(H,32,36)/t23-/m0/s1. The first kappa shape index (κ1) is 31.0. The van der Waals surface area contributed by atoms with Gasteiger partial charge in [-0.2, -0.15) is 0 Å². The van der Waals surface area contributed by atoms with Gasteiger partial charge in [0.1, 0.15) is 18.3 Å². The molecule has 2 amide bonds. The average molecular weight is 586 g/mol. The van der Waals surface area contributed by atoms with Gasteiger partial charge in [-0.3, -0.25) is 13.9 Å². The van der Waals surface area contributed by atoms with Gasteiger partial charge in [0.25, 0.3) is 10.0 Å². The summed E-state index contributed by atoms with van der Waals surface area (Å²) in [5.74, 6) is -0.177. The number of halogens is 1. The minimum absolute atomic E-state index is 0.0456. The van der Waals surface area contributed by atoms with Crippen molar-refractivity contribution < 1.29 is 22.7 Å². The van der Waals surface area contributed by atoms with Crippen molar-refractivity contribution in [1.29, 1.82) is 0 Å². The predicted molar refractivity (Wildman–Crippen MR) is 158 cm³/mol. The van der Waals surface area contributed by atoms with Crippen LogP contribution in [0.3, 0.4) is 0 Å². The third-order valence-electron chi connectivity index (χ3n) is 6.55. The number of ether oxygens (including phenoxy) is 1. The molecule has 3 aromatic carbocycles. The Balaban J connectivity index is 2.01. The van der Waals surface area contributed by atoms with E-state index in [1.807, 2.05) is 19.1 Å². The summed E-state index contributed by atoms with van der Waals surface area (Å²) in [5.41, 5.74) is 1.68. The zero-order chi connectivity index (χ0) is 29.3. The Morgan fingerprint density at radius 2 is 1.70 bits per heavy atom. The zero-order valence-electron chi connectivity index (χ0n) is 23.3. The molecule has 0 aliphatic heterocycles. The van der Waals surface area contributed by atoms with Crippen LogP contribution in [0.4, 0.5) is 5.69 Å². The number of nitrogens with one attached hydrogen (secondary N) is 1. The Kier molecular flexibility index (Phi) is 11.0.